The van der Waals surface area contributed by atoms with Crippen LogP contribution in [0, 0.1) is 0 Å². The number of pyridine rings is 1. The first-order chi connectivity index (χ1) is 18.1. The van der Waals surface area contributed by atoms with Crippen molar-refractivity contribution in [3.8, 4) is 17.2 Å². The quantitative estimate of drug-likeness (QED) is 0.178. The normalized spacial score (nSPS) is 11.1. The first-order valence-corrected chi connectivity index (χ1v) is 13.3. The standard InChI is InChI=1S/C32H37NO4/c1-4-5-6-13-20-33-29-21-27(35-22-25-14-9-7-10-15-25)18-19-28(29)30(31(32(33)34)37-24(2)3)36-23-26-16-11-8-12-17-26/h7-12,14-19,21,24H,4-6,13,20,22-23H2,1-3H3. The molecule has 0 aliphatic heterocycles. The number of rotatable bonds is 13. The minimum absolute atomic E-state index is 0.161. The number of aromatic nitrogens is 1. The molecule has 0 aliphatic rings. The highest BCUT2D eigenvalue weighted by molar-refractivity contribution is 5.89. The minimum atomic E-state index is -0.166. The molecule has 4 rings (SSSR count). The number of ether oxygens (including phenoxy) is 3. The van der Waals surface area contributed by atoms with Crippen molar-refractivity contribution in [1.29, 1.82) is 0 Å². The molecular weight excluding hydrogens is 462 g/mol. The van der Waals surface area contributed by atoms with E-state index in [0.29, 0.717) is 31.3 Å². The Hall–Kier alpha value is -3.73. The van der Waals surface area contributed by atoms with Crippen molar-refractivity contribution in [2.45, 2.75) is 72.3 Å². The monoisotopic (exact) mass is 499 g/mol. The number of hydrogen-bond acceptors (Lipinski definition) is 4. The molecule has 3 aromatic carbocycles. The molecule has 0 amide bonds. The van der Waals surface area contributed by atoms with Gasteiger partial charge in [0.1, 0.15) is 19.0 Å². The molecule has 0 spiro atoms. The number of benzene rings is 3. The summed E-state index contributed by atoms with van der Waals surface area (Å²) in [6.45, 7) is 7.46. The van der Waals surface area contributed by atoms with Crippen LogP contribution in [-0.2, 0) is 19.8 Å². The molecular formula is C32H37NO4. The van der Waals surface area contributed by atoms with Crippen LogP contribution in [0.15, 0.2) is 83.7 Å². The highest BCUT2D eigenvalue weighted by Gasteiger charge is 2.21. The van der Waals surface area contributed by atoms with E-state index in [-0.39, 0.29) is 17.4 Å². The summed E-state index contributed by atoms with van der Waals surface area (Å²) in [6, 6.07) is 25.9. The molecule has 194 valence electrons. The lowest BCUT2D eigenvalue weighted by molar-refractivity contribution is 0.215. The van der Waals surface area contributed by atoms with Crippen LogP contribution >= 0.6 is 0 Å². The number of unbranched alkanes of at least 4 members (excludes halogenated alkanes) is 3. The molecule has 0 aliphatic carbocycles. The third kappa shape index (κ3) is 6.94. The van der Waals surface area contributed by atoms with Crippen molar-refractivity contribution in [3.63, 3.8) is 0 Å². The first-order valence-electron chi connectivity index (χ1n) is 13.3. The lowest BCUT2D eigenvalue weighted by atomic mass is 10.1. The molecule has 37 heavy (non-hydrogen) atoms. The van der Waals surface area contributed by atoms with Crippen molar-refractivity contribution in [2.75, 3.05) is 0 Å². The van der Waals surface area contributed by atoms with Crippen molar-refractivity contribution in [1.82, 2.24) is 4.57 Å². The molecule has 0 atom stereocenters. The molecule has 0 saturated carbocycles. The maximum absolute atomic E-state index is 13.8. The summed E-state index contributed by atoms with van der Waals surface area (Å²) in [7, 11) is 0. The van der Waals surface area contributed by atoms with Gasteiger partial charge >= 0.3 is 0 Å². The molecule has 0 N–H and O–H groups in total. The number of fused-ring (bicyclic) bond motifs is 1. The number of hydrogen-bond donors (Lipinski definition) is 0. The van der Waals surface area contributed by atoms with Crippen LogP contribution in [0.25, 0.3) is 10.9 Å². The van der Waals surface area contributed by atoms with Gasteiger partial charge in [-0.15, -0.1) is 0 Å². The van der Waals surface area contributed by atoms with Gasteiger partial charge in [0.15, 0.2) is 5.75 Å². The van der Waals surface area contributed by atoms with Crippen LogP contribution in [0.2, 0.25) is 0 Å². The van der Waals surface area contributed by atoms with Crippen molar-refractivity contribution in [3.05, 3.63) is 100 Å². The summed E-state index contributed by atoms with van der Waals surface area (Å²) in [4.78, 5) is 13.8. The second-order valence-corrected chi connectivity index (χ2v) is 9.57. The fraction of sp³-hybridized carbons (Fsp3) is 0.344. The van der Waals surface area contributed by atoms with Crippen LogP contribution in [0.4, 0.5) is 0 Å². The van der Waals surface area contributed by atoms with E-state index >= 15 is 0 Å². The van der Waals surface area contributed by atoms with E-state index in [1.54, 1.807) is 0 Å². The molecule has 1 heterocycles. The Morgan fingerprint density at radius 3 is 2.03 bits per heavy atom. The van der Waals surface area contributed by atoms with E-state index in [4.69, 9.17) is 14.2 Å². The van der Waals surface area contributed by atoms with E-state index < -0.39 is 0 Å². The SMILES string of the molecule is CCCCCCn1c(=O)c(OC(C)C)c(OCc2ccccc2)c2ccc(OCc3ccccc3)cc21. The number of aryl methyl sites for hydroxylation is 1. The zero-order chi connectivity index (χ0) is 26.0. The predicted molar refractivity (Wildman–Crippen MR) is 150 cm³/mol. The summed E-state index contributed by atoms with van der Waals surface area (Å²) in [5.41, 5.74) is 2.75. The third-order valence-electron chi connectivity index (χ3n) is 6.21. The minimum Gasteiger partial charge on any atom is -0.489 e. The summed E-state index contributed by atoms with van der Waals surface area (Å²) < 4.78 is 20.3. The van der Waals surface area contributed by atoms with Gasteiger partial charge in [-0.3, -0.25) is 4.79 Å². The summed E-state index contributed by atoms with van der Waals surface area (Å²) >= 11 is 0. The van der Waals surface area contributed by atoms with E-state index in [2.05, 4.69) is 6.92 Å². The van der Waals surface area contributed by atoms with Crippen LogP contribution in [-0.4, -0.2) is 10.7 Å². The van der Waals surface area contributed by atoms with E-state index in [1.165, 1.54) is 0 Å². The average Bonchev–Trinajstić information content (AvgIpc) is 2.92. The van der Waals surface area contributed by atoms with E-state index in [9.17, 15) is 4.79 Å². The van der Waals surface area contributed by atoms with Gasteiger partial charge in [-0.2, -0.15) is 0 Å². The lowest BCUT2D eigenvalue weighted by Crippen LogP contribution is -2.25. The molecule has 0 saturated heterocycles. The van der Waals surface area contributed by atoms with Crippen molar-refractivity contribution < 1.29 is 14.2 Å². The molecule has 5 heteroatoms. The largest absolute Gasteiger partial charge is 0.489 e. The highest BCUT2D eigenvalue weighted by Crippen LogP contribution is 2.36. The van der Waals surface area contributed by atoms with E-state index in [1.807, 2.05) is 97.3 Å². The van der Waals surface area contributed by atoms with Gasteiger partial charge in [0.05, 0.1) is 11.6 Å². The molecule has 0 fully saturated rings. The van der Waals surface area contributed by atoms with Gasteiger partial charge in [0.25, 0.3) is 5.56 Å². The van der Waals surface area contributed by atoms with Gasteiger partial charge < -0.3 is 18.8 Å². The maximum Gasteiger partial charge on any atom is 0.297 e. The molecule has 0 radical (unpaired) electrons. The molecule has 0 unspecified atom stereocenters. The topological polar surface area (TPSA) is 49.7 Å². The zero-order valence-corrected chi connectivity index (χ0v) is 22.1. The van der Waals surface area contributed by atoms with Crippen LogP contribution < -0.4 is 19.8 Å². The predicted octanol–water partition coefficient (Wildman–Crippen LogP) is 7.53. The maximum atomic E-state index is 13.8. The Morgan fingerprint density at radius 1 is 0.757 bits per heavy atom. The lowest BCUT2D eigenvalue weighted by Gasteiger charge is -2.20. The fourth-order valence-corrected chi connectivity index (χ4v) is 4.34. The van der Waals surface area contributed by atoms with Gasteiger partial charge in [-0.1, -0.05) is 86.8 Å². The Labute approximate surface area is 219 Å². The Balaban J connectivity index is 1.76. The van der Waals surface area contributed by atoms with Gasteiger partial charge in [-0.05, 0) is 43.5 Å². The smallest absolute Gasteiger partial charge is 0.297 e. The molecule has 4 aromatic rings. The van der Waals surface area contributed by atoms with Gasteiger partial charge in [0.2, 0.25) is 5.75 Å². The number of nitrogens with zero attached hydrogens (tertiary/aromatic N) is 1. The van der Waals surface area contributed by atoms with Crippen LogP contribution in [0.1, 0.15) is 57.6 Å². The summed E-state index contributed by atoms with van der Waals surface area (Å²) in [5, 5.41) is 0.841. The highest BCUT2D eigenvalue weighted by atomic mass is 16.5. The van der Waals surface area contributed by atoms with E-state index in [0.717, 1.165) is 47.7 Å². The van der Waals surface area contributed by atoms with Crippen molar-refractivity contribution in [2.24, 2.45) is 0 Å². The molecule has 1 aromatic heterocycles. The Kier molecular flexibility index (Phi) is 9.25. The fourth-order valence-electron chi connectivity index (χ4n) is 4.34. The van der Waals surface area contributed by atoms with Crippen LogP contribution in [0.5, 0.6) is 17.2 Å². The molecule has 5 nitrogen and oxygen atoms in total. The first kappa shape index (κ1) is 26.3. The average molecular weight is 500 g/mol. The van der Waals surface area contributed by atoms with Gasteiger partial charge in [0, 0.05) is 18.0 Å². The second kappa shape index (κ2) is 13.0. The Bertz CT molecular complexity index is 1330. The van der Waals surface area contributed by atoms with Gasteiger partial charge in [-0.25, -0.2) is 0 Å². The van der Waals surface area contributed by atoms with Crippen molar-refractivity contribution >= 4 is 10.9 Å². The third-order valence-corrected chi connectivity index (χ3v) is 6.21. The second-order valence-electron chi connectivity index (χ2n) is 9.57. The Morgan fingerprint density at radius 2 is 1.41 bits per heavy atom. The summed E-state index contributed by atoms with van der Waals surface area (Å²) in [6.07, 6.45) is 4.11. The zero-order valence-electron chi connectivity index (χ0n) is 22.1. The molecule has 0 bridgehead atoms. The summed E-state index contributed by atoms with van der Waals surface area (Å²) in [5.74, 6) is 1.47. The van der Waals surface area contributed by atoms with Crippen LogP contribution in [0.3, 0.4) is 0 Å².